The summed E-state index contributed by atoms with van der Waals surface area (Å²) in [7, 11) is 0. The number of rotatable bonds is 4. The molecule has 5 nitrogen and oxygen atoms in total. The van der Waals surface area contributed by atoms with Gasteiger partial charge in [0.15, 0.2) is 0 Å². The maximum absolute atomic E-state index is 10.9. The van der Waals surface area contributed by atoms with Gasteiger partial charge < -0.3 is 5.32 Å². The third-order valence-corrected chi connectivity index (χ3v) is 3.68. The first-order valence-corrected chi connectivity index (χ1v) is 6.51. The molecule has 0 radical (unpaired) electrons. The van der Waals surface area contributed by atoms with Crippen molar-refractivity contribution in [3.8, 4) is 6.07 Å². The molecule has 0 bridgehead atoms. The second-order valence-corrected chi connectivity index (χ2v) is 5.12. The van der Waals surface area contributed by atoms with Crippen LogP contribution in [0.2, 0.25) is 5.02 Å². The Morgan fingerprint density at radius 1 is 1.47 bits per heavy atom. The van der Waals surface area contributed by atoms with Gasteiger partial charge in [-0.2, -0.15) is 5.26 Å². The van der Waals surface area contributed by atoms with Gasteiger partial charge in [-0.1, -0.05) is 11.6 Å². The summed E-state index contributed by atoms with van der Waals surface area (Å²) in [6.07, 6.45) is 0. The maximum Gasteiger partial charge on any atom is 0.293 e. The minimum atomic E-state index is -0.509. The topological polar surface area (TPSA) is 79.0 Å². The Balaban J connectivity index is 2.20. The van der Waals surface area contributed by atoms with Crippen molar-refractivity contribution in [3.05, 3.63) is 55.2 Å². The number of thiophene rings is 1. The van der Waals surface area contributed by atoms with Crippen molar-refractivity contribution >= 4 is 34.3 Å². The average Bonchev–Trinajstić information content (AvgIpc) is 2.82. The van der Waals surface area contributed by atoms with Gasteiger partial charge in [-0.05, 0) is 18.2 Å². The molecule has 0 aliphatic heterocycles. The van der Waals surface area contributed by atoms with Crippen LogP contribution >= 0.6 is 22.9 Å². The van der Waals surface area contributed by atoms with Gasteiger partial charge in [-0.3, -0.25) is 10.1 Å². The molecule has 1 aromatic carbocycles. The predicted molar refractivity (Wildman–Crippen MR) is 74.5 cm³/mol. The molecule has 2 aromatic rings. The van der Waals surface area contributed by atoms with E-state index in [1.54, 1.807) is 11.4 Å². The average molecular weight is 294 g/mol. The summed E-state index contributed by atoms with van der Waals surface area (Å²) in [5, 5.41) is 25.1. The SMILES string of the molecule is N#Cc1ccc(NCc2cc(Cl)cs2)c([N+](=O)[O-])c1. The minimum absolute atomic E-state index is 0.110. The monoisotopic (exact) mass is 293 g/mol. The molecule has 0 aliphatic carbocycles. The Kier molecular flexibility index (Phi) is 4.00. The third-order valence-electron chi connectivity index (χ3n) is 2.40. The molecule has 1 N–H and O–H groups in total. The molecule has 0 aliphatic rings. The van der Waals surface area contributed by atoms with Crippen LogP contribution in [0.25, 0.3) is 0 Å². The zero-order chi connectivity index (χ0) is 13.8. The predicted octanol–water partition coefficient (Wildman–Crippen LogP) is 3.79. The number of hydrogen-bond donors (Lipinski definition) is 1. The van der Waals surface area contributed by atoms with E-state index in [0.717, 1.165) is 4.88 Å². The molecule has 7 heteroatoms. The normalized spacial score (nSPS) is 9.89. The Hall–Kier alpha value is -2.10. The third kappa shape index (κ3) is 3.22. The van der Waals surface area contributed by atoms with Crippen LogP contribution in [0, 0.1) is 21.4 Å². The van der Waals surface area contributed by atoms with Gasteiger partial charge in [0.2, 0.25) is 0 Å². The number of nitriles is 1. The zero-order valence-corrected chi connectivity index (χ0v) is 11.2. The van der Waals surface area contributed by atoms with Crippen LogP contribution in [0.4, 0.5) is 11.4 Å². The number of nitro benzene ring substituents is 1. The van der Waals surface area contributed by atoms with E-state index in [4.69, 9.17) is 16.9 Å². The van der Waals surface area contributed by atoms with E-state index in [9.17, 15) is 10.1 Å². The van der Waals surface area contributed by atoms with Crippen molar-refractivity contribution in [2.24, 2.45) is 0 Å². The number of nitro groups is 1. The Labute approximate surface area is 118 Å². The van der Waals surface area contributed by atoms with Gasteiger partial charge in [0, 0.05) is 22.9 Å². The summed E-state index contributed by atoms with van der Waals surface area (Å²) in [5.74, 6) is 0. The second-order valence-electron chi connectivity index (χ2n) is 3.69. The summed E-state index contributed by atoms with van der Waals surface area (Å²) in [5.41, 5.74) is 0.534. The van der Waals surface area contributed by atoms with E-state index >= 15 is 0 Å². The van der Waals surface area contributed by atoms with Crippen molar-refractivity contribution in [2.45, 2.75) is 6.54 Å². The van der Waals surface area contributed by atoms with E-state index in [1.165, 1.54) is 29.5 Å². The second kappa shape index (κ2) is 5.69. The molecule has 0 saturated carbocycles. The summed E-state index contributed by atoms with van der Waals surface area (Å²) in [6, 6.07) is 8.01. The summed E-state index contributed by atoms with van der Waals surface area (Å²) >= 11 is 7.28. The van der Waals surface area contributed by atoms with E-state index in [2.05, 4.69) is 5.32 Å². The van der Waals surface area contributed by atoms with Crippen molar-refractivity contribution in [2.75, 3.05) is 5.32 Å². The lowest BCUT2D eigenvalue weighted by atomic mass is 10.2. The van der Waals surface area contributed by atoms with Gasteiger partial charge in [-0.15, -0.1) is 11.3 Å². The summed E-state index contributed by atoms with van der Waals surface area (Å²) in [6.45, 7) is 0.449. The molecule has 0 amide bonds. The quantitative estimate of drug-likeness (QED) is 0.687. The first-order valence-electron chi connectivity index (χ1n) is 5.25. The highest BCUT2D eigenvalue weighted by Gasteiger charge is 2.14. The number of nitrogens with one attached hydrogen (secondary N) is 1. The first kappa shape index (κ1) is 13.3. The van der Waals surface area contributed by atoms with Gasteiger partial charge in [-0.25, -0.2) is 0 Å². The fraction of sp³-hybridized carbons (Fsp3) is 0.0833. The largest absolute Gasteiger partial charge is 0.375 e. The highest BCUT2D eigenvalue weighted by atomic mass is 35.5. The highest BCUT2D eigenvalue weighted by Crippen LogP contribution is 2.27. The van der Waals surface area contributed by atoms with Crippen molar-refractivity contribution in [1.82, 2.24) is 0 Å². The molecule has 0 fully saturated rings. The standard InChI is InChI=1S/C12H8ClN3O2S/c13-9-4-10(19-7-9)6-15-11-2-1-8(5-14)3-12(11)16(17)18/h1-4,7,15H,6H2. The lowest BCUT2D eigenvalue weighted by Gasteiger charge is -2.05. The van der Waals surface area contributed by atoms with E-state index in [1.807, 2.05) is 6.07 Å². The van der Waals surface area contributed by atoms with Gasteiger partial charge in [0.25, 0.3) is 5.69 Å². The molecule has 0 saturated heterocycles. The molecule has 1 aromatic heterocycles. The molecule has 1 heterocycles. The van der Waals surface area contributed by atoms with Crippen LogP contribution in [0.1, 0.15) is 10.4 Å². The number of nitrogens with zero attached hydrogens (tertiary/aromatic N) is 2. The molecular formula is C12H8ClN3O2S. The van der Waals surface area contributed by atoms with Crippen molar-refractivity contribution < 1.29 is 4.92 Å². The molecule has 0 unspecified atom stereocenters. The number of halogens is 1. The maximum atomic E-state index is 10.9. The van der Waals surface area contributed by atoms with E-state index < -0.39 is 4.92 Å². The van der Waals surface area contributed by atoms with Crippen LogP contribution < -0.4 is 5.32 Å². The zero-order valence-electron chi connectivity index (χ0n) is 9.59. The van der Waals surface area contributed by atoms with Crippen molar-refractivity contribution in [3.63, 3.8) is 0 Å². The molecule has 0 spiro atoms. The fourth-order valence-electron chi connectivity index (χ4n) is 1.53. The molecule has 0 atom stereocenters. The van der Waals surface area contributed by atoms with Gasteiger partial charge in [0.1, 0.15) is 5.69 Å². The van der Waals surface area contributed by atoms with Crippen LogP contribution in [-0.4, -0.2) is 4.92 Å². The Bertz CT molecular complexity index is 663. The number of anilines is 1. The summed E-state index contributed by atoms with van der Waals surface area (Å²) < 4.78 is 0. The van der Waals surface area contributed by atoms with Gasteiger partial charge >= 0.3 is 0 Å². The van der Waals surface area contributed by atoms with Crippen LogP contribution in [0.5, 0.6) is 0 Å². The Morgan fingerprint density at radius 2 is 2.26 bits per heavy atom. The lowest BCUT2D eigenvalue weighted by molar-refractivity contribution is -0.384. The number of hydrogen-bond acceptors (Lipinski definition) is 5. The Morgan fingerprint density at radius 3 is 2.84 bits per heavy atom. The summed E-state index contributed by atoms with van der Waals surface area (Å²) in [4.78, 5) is 11.4. The van der Waals surface area contributed by atoms with Crippen molar-refractivity contribution in [1.29, 1.82) is 5.26 Å². The van der Waals surface area contributed by atoms with Crippen LogP contribution in [0.3, 0.4) is 0 Å². The smallest absolute Gasteiger partial charge is 0.293 e. The van der Waals surface area contributed by atoms with Crippen LogP contribution in [-0.2, 0) is 6.54 Å². The van der Waals surface area contributed by atoms with E-state index in [0.29, 0.717) is 17.3 Å². The molecule has 96 valence electrons. The molecular weight excluding hydrogens is 286 g/mol. The van der Waals surface area contributed by atoms with Crippen LogP contribution in [0.15, 0.2) is 29.6 Å². The highest BCUT2D eigenvalue weighted by molar-refractivity contribution is 7.10. The number of benzene rings is 1. The minimum Gasteiger partial charge on any atom is -0.375 e. The van der Waals surface area contributed by atoms with Gasteiger partial charge in [0.05, 0.1) is 21.6 Å². The lowest BCUT2D eigenvalue weighted by Crippen LogP contribution is -2.01. The fourth-order valence-corrected chi connectivity index (χ4v) is 2.54. The molecule has 19 heavy (non-hydrogen) atoms. The van der Waals surface area contributed by atoms with E-state index in [-0.39, 0.29) is 11.3 Å². The molecule has 2 rings (SSSR count). The first-order chi connectivity index (χ1) is 9.10.